The number of fused-ring (bicyclic) bond motifs is 1. The fourth-order valence-corrected chi connectivity index (χ4v) is 4.61. The zero-order valence-corrected chi connectivity index (χ0v) is 20.9. The zero-order valence-electron chi connectivity index (χ0n) is 20.9. The fourth-order valence-electron chi connectivity index (χ4n) is 4.61. The number of benzene rings is 2. The smallest absolute Gasteiger partial charge is 0.253 e. The van der Waals surface area contributed by atoms with Crippen molar-refractivity contribution >= 4 is 5.91 Å². The maximum Gasteiger partial charge on any atom is 0.253 e. The second kappa shape index (κ2) is 12.3. The minimum Gasteiger partial charge on any atom is -0.508 e. The number of para-hydroxylation sites is 1. The first-order valence-corrected chi connectivity index (χ1v) is 12.8. The van der Waals surface area contributed by atoms with E-state index < -0.39 is 6.10 Å². The minimum absolute atomic E-state index is 0.00129. The Labute approximate surface area is 208 Å². The van der Waals surface area contributed by atoms with Crippen molar-refractivity contribution < 1.29 is 24.1 Å². The second-order valence-electron chi connectivity index (χ2n) is 9.87. The summed E-state index contributed by atoms with van der Waals surface area (Å²) in [5.41, 5.74) is 1.88. The zero-order chi connectivity index (χ0) is 24.6. The lowest BCUT2D eigenvalue weighted by Crippen LogP contribution is -2.51. The molecule has 2 aromatic rings. The predicted molar refractivity (Wildman–Crippen MR) is 135 cm³/mol. The van der Waals surface area contributed by atoms with Crippen LogP contribution in [0.25, 0.3) is 0 Å². The standard InChI is InChI=1S/C28H38N2O5/c1-21(2)17-30(18-22-10-11-25-26(16-22)34-14-7-3-6-13-33-25)28(32)27-20-29(12-15-35-27)19-23-8-4-5-9-24(23)31/h4-5,8-11,16,21,27,31H,3,6-7,12-15,17-20H2,1-2H3. The Bertz CT molecular complexity index is 980. The summed E-state index contributed by atoms with van der Waals surface area (Å²) in [6, 6.07) is 13.3. The molecule has 35 heavy (non-hydrogen) atoms. The van der Waals surface area contributed by atoms with Gasteiger partial charge in [0.25, 0.3) is 5.91 Å². The second-order valence-corrected chi connectivity index (χ2v) is 9.87. The van der Waals surface area contributed by atoms with Gasteiger partial charge in [0.1, 0.15) is 11.9 Å². The Hall–Kier alpha value is -2.77. The van der Waals surface area contributed by atoms with Crippen LogP contribution in [-0.2, 0) is 22.6 Å². The van der Waals surface area contributed by atoms with Crippen molar-refractivity contribution in [3.8, 4) is 17.2 Å². The van der Waals surface area contributed by atoms with Gasteiger partial charge in [-0.3, -0.25) is 9.69 Å². The van der Waals surface area contributed by atoms with Gasteiger partial charge in [-0.05, 0) is 48.9 Å². The molecule has 0 spiro atoms. The molecule has 0 aliphatic carbocycles. The molecule has 0 bridgehead atoms. The van der Waals surface area contributed by atoms with Crippen LogP contribution in [-0.4, -0.2) is 66.4 Å². The molecule has 190 valence electrons. The SMILES string of the molecule is CC(C)CN(Cc1ccc2c(c1)OCCCCCO2)C(=O)C1CN(Cc2ccccc2O)CCO1. The Kier molecular flexibility index (Phi) is 8.88. The Morgan fingerprint density at radius 1 is 1.06 bits per heavy atom. The van der Waals surface area contributed by atoms with Crippen molar-refractivity contribution in [1.82, 2.24) is 9.80 Å². The van der Waals surface area contributed by atoms with Crippen LogP contribution >= 0.6 is 0 Å². The molecule has 2 aromatic carbocycles. The molecule has 0 radical (unpaired) electrons. The molecule has 1 fully saturated rings. The number of rotatable bonds is 7. The van der Waals surface area contributed by atoms with Gasteiger partial charge in [-0.1, -0.05) is 38.1 Å². The van der Waals surface area contributed by atoms with Crippen molar-refractivity contribution in [2.45, 2.75) is 52.3 Å². The third kappa shape index (κ3) is 7.12. The van der Waals surface area contributed by atoms with Crippen molar-refractivity contribution in [2.24, 2.45) is 5.92 Å². The molecule has 1 unspecified atom stereocenters. The normalized spacial score (nSPS) is 19.0. The monoisotopic (exact) mass is 482 g/mol. The molecular weight excluding hydrogens is 444 g/mol. The highest BCUT2D eigenvalue weighted by atomic mass is 16.5. The van der Waals surface area contributed by atoms with Crippen LogP contribution in [0.4, 0.5) is 0 Å². The molecule has 1 saturated heterocycles. The van der Waals surface area contributed by atoms with Crippen LogP contribution in [0.1, 0.15) is 44.2 Å². The highest BCUT2D eigenvalue weighted by Gasteiger charge is 2.31. The van der Waals surface area contributed by atoms with E-state index in [1.54, 1.807) is 6.07 Å². The van der Waals surface area contributed by atoms with Gasteiger partial charge in [0.05, 0.1) is 19.8 Å². The van der Waals surface area contributed by atoms with E-state index in [1.807, 2.05) is 41.3 Å². The Morgan fingerprint density at radius 2 is 1.83 bits per heavy atom. The van der Waals surface area contributed by atoms with Crippen molar-refractivity contribution in [3.05, 3.63) is 53.6 Å². The number of nitrogens with zero attached hydrogens (tertiary/aromatic N) is 2. The third-order valence-electron chi connectivity index (χ3n) is 6.39. The molecule has 7 heteroatoms. The first-order chi connectivity index (χ1) is 17.0. The predicted octanol–water partition coefficient (Wildman–Crippen LogP) is 4.22. The number of phenols is 1. The number of carbonyl (C=O) groups excluding carboxylic acids is 1. The fraction of sp³-hybridized carbons (Fsp3) is 0.536. The van der Waals surface area contributed by atoms with Crippen LogP contribution in [0, 0.1) is 5.92 Å². The minimum atomic E-state index is -0.527. The number of amides is 1. The average Bonchev–Trinajstić information content (AvgIpc) is 2.96. The number of aromatic hydroxyl groups is 1. The van der Waals surface area contributed by atoms with Gasteiger partial charge in [0.15, 0.2) is 11.5 Å². The van der Waals surface area contributed by atoms with Crippen LogP contribution in [0.15, 0.2) is 42.5 Å². The number of morpholine rings is 1. The van der Waals surface area contributed by atoms with Crippen molar-refractivity contribution in [2.75, 3.05) is 39.5 Å². The maximum atomic E-state index is 13.6. The van der Waals surface area contributed by atoms with E-state index in [9.17, 15) is 9.90 Å². The average molecular weight is 483 g/mol. The van der Waals surface area contributed by atoms with Gasteiger partial charge in [-0.2, -0.15) is 0 Å². The van der Waals surface area contributed by atoms with Crippen LogP contribution in [0.5, 0.6) is 17.2 Å². The molecule has 7 nitrogen and oxygen atoms in total. The summed E-state index contributed by atoms with van der Waals surface area (Å²) in [5.74, 6) is 2.13. The van der Waals surface area contributed by atoms with E-state index in [1.165, 1.54) is 0 Å². The number of hydrogen-bond acceptors (Lipinski definition) is 6. The topological polar surface area (TPSA) is 71.5 Å². The molecule has 0 aromatic heterocycles. The molecule has 1 amide bonds. The Morgan fingerprint density at radius 3 is 2.60 bits per heavy atom. The molecule has 4 rings (SSSR count). The summed E-state index contributed by atoms with van der Waals surface area (Å²) in [4.78, 5) is 17.7. The van der Waals surface area contributed by atoms with E-state index in [4.69, 9.17) is 14.2 Å². The number of phenolic OH excluding ortho intramolecular Hbond substituents is 1. The summed E-state index contributed by atoms with van der Waals surface area (Å²) >= 11 is 0. The van der Waals surface area contributed by atoms with Crippen molar-refractivity contribution in [3.63, 3.8) is 0 Å². The van der Waals surface area contributed by atoms with Gasteiger partial charge in [0.2, 0.25) is 0 Å². The lowest BCUT2D eigenvalue weighted by Gasteiger charge is -2.35. The summed E-state index contributed by atoms with van der Waals surface area (Å²) in [7, 11) is 0. The van der Waals surface area contributed by atoms with Gasteiger partial charge in [0, 0.05) is 38.3 Å². The van der Waals surface area contributed by atoms with Gasteiger partial charge >= 0.3 is 0 Å². The van der Waals surface area contributed by atoms with Gasteiger partial charge in [-0.25, -0.2) is 0 Å². The van der Waals surface area contributed by atoms with E-state index in [2.05, 4.69) is 18.7 Å². The molecular formula is C28H38N2O5. The quantitative estimate of drug-likeness (QED) is 0.637. The first-order valence-electron chi connectivity index (χ1n) is 12.8. The summed E-state index contributed by atoms with van der Waals surface area (Å²) < 4.78 is 17.8. The van der Waals surface area contributed by atoms with E-state index in [0.717, 1.165) is 48.4 Å². The number of carbonyl (C=O) groups is 1. The maximum absolute atomic E-state index is 13.6. The number of ether oxygens (including phenoxy) is 3. The van der Waals surface area contributed by atoms with E-state index in [0.29, 0.717) is 51.9 Å². The molecule has 1 N–H and O–H groups in total. The summed E-state index contributed by atoms with van der Waals surface area (Å²) in [5, 5.41) is 10.1. The van der Waals surface area contributed by atoms with Gasteiger partial charge < -0.3 is 24.2 Å². The van der Waals surface area contributed by atoms with Gasteiger partial charge in [-0.15, -0.1) is 0 Å². The molecule has 2 aliphatic heterocycles. The molecule has 2 aliphatic rings. The lowest BCUT2D eigenvalue weighted by atomic mass is 10.1. The highest BCUT2D eigenvalue weighted by molar-refractivity contribution is 5.81. The molecule has 1 atom stereocenters. The number of hydrogen-bond donors (Lipinski definition) is 1. The van der Waals surface area contributed by atoms with Crippen LogP contribution in [0.3, 0.4) is 0 Å². The van der Waals surface area contributed by atoms with E-state index in [-0.39, 0.29) is 11.7 Å². The summed E-state index contributed by atoms with van der Waals surface area (Å²) in [6.45, 7) is 9.06. The highest BCUT2D eigenvalue weighted by Crippen LogP contribution is 2.31. The molecule has 0 saturated carbocycles. The first kappa shape index (κ1) is 25.3. The third-order valence-corrected chi connectivity index (χ3v) is 6.39. The van der Waals surface area contributed by atoms with Crippen molar-refractivity contribution in [1.29, 1.82) is 0 Å². The molecule has 2 heterocycles. The van der Waals surface area contributed by atoms with E-state index >= 15 is 0 Å². The van der Waals surface area contributed by atoms with Crippen LogP contribution in [0.2, 0.25) is 0 Å². The van der Waals surface area contributed by atoms with Crippen LogP contribution < -0.4 is 9.47 Å². The lowest BCUT2D eigenvalue weighted by molar-refractivity contribution is -0.151. The Balaban J connectivity index is 1.45. The largest absolute Gasteiger partial charge is 0.508 e. The summed E-state index contributed by atoms with van der Waals surface area (Å²) in [6.07, 6.45) is 2.62.